The van der Waals surface area contributed by atoms with Gasteiger partial charge in [-0.25, -0.2) is 0 Å². The Balaban J connectivity index is 0.000000590. The van der Waals surface area contributed by atoms with Gasteiger partial charge in [0.25, 0.3) is 0 Å². The van der Waals surface area contributed by atoms with Crippen LogP contribution in [-0.4, -0.2) is 14.8 Å². The van der Waals surface area contributed by atoms with E-state index in [0.29, 0.717) is 0 Å². The van der Waals surface area contributed by atoms with Gasteiger partial charge in [-0.1, -0.05) is 70.7 Å². The highest BCUT2D eigenvalue weighted by Crippen LogP contribution is 2.33. The number of aryl methyl sites for hydroxylation is 2. The van der Waals surface area contributed by atoms with Crippen molar-refractivity contribution in [3.05, 3.63) is 59.8 Å². The van der Waals surface area contributed by atoms with Crippen LogP contribution in [0.15, 0.2) is 48.7 Å². The smallest absolute Gasteiger partial charge is 0.101 e. The monoisotopic (exact) mass is 399 g/mol. The second-order valence-electron chi connectivity index (χ2n) is 7.04. The van der Waals surface area contributed by atoms with E-state index < -0.39 is 0 Å². The fraction of sp³-hybridized carbons (Fsp3) is 0.333. The second-order valence-corrected chi connectivity index (χ2v) is 7.04. The molecule has 4 rings (SSSR count). The third-order valence-corrected chi connectivity index (χ3v) is 4.50. The number of pyridine rings is 1. The van der Waals surface area contributed by atoms with E-state index in [2.05, 4.69) is 73.6 Å². The maximum Gasteiger partial charge on any atom is 0.101 e. The number of fused-ring (bicyclic) bond motifs is 3. The summed E-state index contributed by atoms with van der Waals surface area (Å²) in [6, 6.07) is 14.4. The first-order chi connectivity index (χ1) is 14.6. The SMILES string of the molecule is C#Cc1ccc(-c2nn(CCC)c3cnc4ccc(C)cc4c23)cc1.CC.CCC. The summed E-state index contributed by atoms with van der Waals surface area (Å²) < 4.78 is 2.06. The van der Waals surface area contributed by atoms with Crippen LogP contribution in [-0.2, 0) is 6.54 Å². The first-order valence-corrected chi connectivity index (χ1v) is 11.0. The highest BCUT2D eigenvalue weighted by atomic mass is 15.3. The lowest BCUT2D eigenvalue weighted by Crippen LogP contribution is -1.98. The summed E-state index contributed by atoms with van der Waals surface area (Å²) in [5.74, 6) is 2.67. The van der Waals surface area contributed by atoms with Crippen LogP contribution < -0.4 is 0 Å². The minimum Gasteiger partial charge on any atom is -0.263 e. The molecule has 2 aromatic carbocycles. The van der Waals surface area contributed by atoms with Crippen molar-refractivity contribution in [2.24, 2.45) is 0 Å². The molecule has 0 N–H and O–H groups in total. The van der Waals surface area contributed by atoms with Crippen LogP contribution in [0.4, 0.5) is 0 Å². The minimum atomic E-state index is 0.873. The van der Waals surface area contributed by atoms with Crippen molar-refractivity contribution in [1.82, 2.24) is 14.8 Å². The van der Waals surface area contributed by atoms with Crippen molar-refractivity contribution >= 4 is 21.8 Å². The van der Waals surface area contributed by atoms with Gasteiger partial charge in [0, 0.05) is 28.4 Å². The van der Waals surface area contributed by atoms with E-state index in [-0.39, 0.29) is 0 Å². The van der Waals surface area contributed by atoms with Gasteiger partial charge in [-0.2, -0.15) is 5.10 Å². The molecule has 2 heterocycles. The fourth-order valence-corrected chi connectivity index (χ4v) is 3.27. The Morgan fingerprint density at radius 3 is 2.27 bits per heavy atom. The Hall–Kier alpha value is -3.12. The van der Waals surface area contributed by atoms with Crippen LogP contribution in [0.5, 0.6) is 0 Å². The van der Waals surface area contributed by atoms with E-state index in [9.17, 15) is 0 Å². The van der Waals surface area contributed by atoms with Gasteiger partial charge in [-0.3, -0.25) is 9.67 Å². The molecule has 0 amide bonds. The minimum absolute atomic E-state index is 0.873. The van der Waals surface area contributed by atoms with E-state index in [0.717, 1.165) is 51.6 Å². The predicted molar refractivity (Wildman–Crippen MR) is 131 cm³/mol. The predicted octanol–water partition coefficient (Wildman–Crippen LogP) is 7.39. The number of rotatable bonds is 3. The highest BCUT2D eigenvalue weighted by Gasteiger charge is 2.16. The molecule has 3 heteroatoms. The summed E-state index contributed by atoms with van der Waals surface area (Å²) in [5.41, 5.74) is 6.24. The Morgan fingerprint density at radius 2 is 1.67 bits per heavy atom. The summed E-state index contributed by atoms with van der Waals surface area (Å²) in [6.07, 6.45) is 9.70. The largest absolute Gasteiger partial charge is 0.263 e. The van der Waals surface area contributed by atoms with Crippen molar-refractivity contribution in [2.75, 3.05) is 0 Å². The van der Waals surface area contributed by atoms with Gasteiger partial charge in [0.1, 0.15) is 5.69 Å². The molecule has 0 fully saturated rings. The van der Waals surface area contributed by atoms with Gasteiger partial charge in [0.15, 0.2) is 0 Å². The van der Waals surface area contributed by atoms with Crippen molar-refractivity contribution in [3.8, 4) is 23.6 Å². The summed E-state index contributed by atoms with van der Waals surface area (Å²) in [7, 11) is 0. The van der Waals surface area contributed by atoms with Gasteiger partial charge in [-0.05, 0) is 37.6 Å². The normalized spacial score (nSPS) is 10.0. The molecule has 0 saturated heterocycles. The van der Waals surface area contributed by atoms with E-state index in [4.69, 9.17) is 11.5 Å². The summed E-state index contributed by atoms with van der Waals surface area (Å²) in [5, 5.41) is 7.22. The highest BCUT2D eigenvalue weighted by molar-refractivity contribution is 6.11. The lowest BCUT2D eigenvalue weighted by molar-refractivity contribution is 0.624. The lowest BCUT2D eigenvalue weighted by atomic mass is 10.0. The molecular formula is C27H33N3. The molecule has 0 atom stereocenters. The van der Waals surface area contributed by atoms with Crippen molar-refractivity contribution in [1.29, 1.82) is 0 Å². The maximum absolute atomic E-state index is 5.49. The van der Waals surface area contributed by atoms with Crippen molar-refractivity contribution in [2.45, 2.75) is 60.9 Å². The van der Waals surface area contributed by atoms with E-state index in [1.807, 2.05) is 32.2 Å². The summed E-state index contributed by atoms with van der Waals surface area (Å²) in [4.78, 5) is 4.64. The third-order valence-electron chi connectivity index (χ3n) is 4.50. The Kier molecular flexibility index (Phi) is 8.62. The van der Waals surface area contributed by atoms with Crippen LogP contribution in [0.2, 0.25) is 0 Å². The molecule has 4 aromatic rings. The van der Waals surface area contributed by atoms with Gasteiger partial charge < -0.3 is 0 Å². The van der Waals surface area contributed by atoms with Gasteiger partial charge >= 0.3 is 0 Å². The molecule has 2 aromatic heterocycles. The van der Waals surface area contributed by atoms with Crippen LogP contribution in [0.1, 0.15) is 58.6 Å². The zero-order valence-corrected chi connectivity index (χ0v) is 19.2. The molecule has 0 bridgehead atoms. The standard InChI is InChI=1S/C22H19N3.C3H8.C2H6/c1-4-12-25-20-14-23-19-11-6-15(3)13-18(19)21(20)22(24-25)17-9-7-16(5-2)8-10-17;1-3-2;1-2/h2,6-11,13-14H,4,12H2,1,3H3;3H2,1-2H3;1-2H3. The molecule has 0 unspecified atom stereocenters. The number of hydrogen-bond donors (Lipinski definition) is 0. The number of terminal acetylenes is 1. The molecule has 0 aliphatic rings. The maximum atomic E-state index is 5.49. The van der Waals surface area contributed by atoms with E-state index in [1.165, 1.54) is 12.0 Å². The molecule has 0 aliphatic carbocycles. The van der Waals surface area contributed by atoms with Crippen molar-refractivity contribution < 1.29 is 0 Å². The molecule has 0 radical (unpaired) electrons. The van der Waals surface area contributed by atoms with Gasteiger partial charge in [0.05, 0.1) is 17.2 Å². The molecule has 0 saturated carbocycles. The van der Waals surface area contributed by atoms with Crippen LogP contribution in [0.3, 0.4) is 0 Å². The average Bonchev–Trinajstić information content (AvgIpc) is 3.15. The van der Waals surface area contributed by atoms with Crippen LogP contribution in [0.25, 0.3) is 33.1 Å². The number of nitrogens with zero attached hydrogens (tertiary/aromatic N) is 3. The van der Waals surface area contributed by atoms with E-state index in [1.54, 1.807) is 0 Å². The third kappa shape index (κ3) is 4.89. The first-order valence-electron chi connectivity index (χ1n) is 11.0. The Morgan fingerprint density at radius 1 is 1.00 bits per heavy atom. The molecule has 0 spiro atoms. The first kappa shape index (κ1) is 23.2. The molecule has 3 nitrogen and oxygen atoms in total. The average molecular weight is 400 g/mol. The second kappa shape index (κ2) is 11.2. The molecular weight excluding hydrogens is 366 g/mol. The topological polar surface area (TPSA) is 30.7 Å². The van der Waals surface area contributed by atoms with Crippen molar-refractivity contribution in [3.63, 3.8) is 0 Å². The quantitative estimate of drug-likeness (QED) is 0.336. The Bertz CT molecular complexity index is 1130. The lowest BCUT2D eigenvalue weighted by Gasteiger charge is -2.04. The zero-order valence-electron chi connectivity index (χ0n) is 19.2. The van der Waals surface area contributed by atoms with Crippen LogP contribution >= 0.6 is 0 Å². The number of hydrogen-bond acceptors (Lipinski definition) is 2. The van der Waals surface area contributed by atoms with E-state index >= 15 is 0 Å². The Labute approximate surface area is 181 Å². The van der Waals surface area contributed by atoms with Gasteiger partial charge in [0.2, 0.25) is 0 Å². The zero-order chi connectivity index (χ0) is 22.1. The molecule has 156 valence electrons. The fourth-order valence-electron chi connectivity index (χ4n) is 3.27. The van der Waals surface area contributed by atoms with Gasteiger partial charge in [-0.15, -0.1) is 6.42 Å². The summed E-state index contributed by atoms with van der Waals surface area (Å²) >= 11 is 0. The molecule has 30 heavy (non-hydrogen) atoms. The number of aromatic nitrogens is 3. The molecule has 0 aliphatic heterocycles. The number of benzene rings is 2. The van der Waals surface area contributed by atoms with Crippen LogP contribution in [0, 0.1) is 19.3 Å². The summed E-state index contributed by atoms with van der Waals surface area (Å²) in [6.45, 7) is 13.4.